The first-order valence-corrected chi connectivity index (χ1v) is 24.8. The van der Waals surface area contributed by atoms with Crippen LogP contribution in [-0.4, -0.2) is 97.6 Å². The van der Waals surface area contributed by atoms with Crippen LogP contribution < -0.4 is 0 Å². The van der Waals surface area contributed by atoms with Crippen molar-refractivity contribution in [2.45, 2.75) is 87.8 Å². The molecule has 0 aliphatic carbocycles. The minimum atomic E-state index is -1.93. The fourth-order valence-corrected chi connectivity index (χ4v) is 8.80. The summed E-state index contributed by atoms with van der Waals surface area (Å²) in [6.45, 7) is 0.321. The van der Waals surface area contributed by atoms with E-state index in [2.05, 4.69) is 0 Å². The van der Waals surface area contributed by atoms with E-state index in [0.29, 0.717) is 0 Å². The van der Waals surface area contributed by atoms with E-state index >= 15 is 0 Å². The number of carbonyl (C=O) groups excluding carboxylic acids is 3. The van der Waals surface area contributed by atoms with Crippen LogP contribution in [0, 0.1) is 0 Å². The molecule has 0 bridgehead atoms. The van der Waals surface area contributed by atoms with E-state index in [9.17, 15) is 19.5 Å². The van der Waals surface area contributed by atoms with E-state index in [1.807, 2.05) is 121 Å². The van der Waals surface area contributed by atoms with Crippen molar-refractivity contribution in [1.29, 1.82) is 0 Å². The normalized spacial score (nSPS) is 23.4. The molecule has 7 aromatic carbocycles. The van der Waals surface area contributed by atoms with Crippen molar-refractivity contribution >= 4 is 17.9 Å². The lowest BCUT2D eigenvalue weighted by Crippen LogP contribution is -2.64. The largest absolute Gasteiger partial charge is 0.452 e. The highest BCUT2D eigenvalue weighted by Gasteiger charge is 2.54. The first-order chi connectivity index (χ1) is 36.9. The van der Waals surface area contributed by atoms with Crippen molar-refractivity contribution in [2.75, 3.05) is 13.2 Å². The molecule has 2 heterocycles. The monoisotopic (exact) mass is 1010 g/mol. The summed E-state index contributed by atoms with van der Waals surface area (Å²) >= 11 is 0. The zero-order valence-electron chi connectivity index (χ0n) is 41.0. The van der Waals surface area contributed by atoms with E-state index in [1.54, 1.807) is 66.7 Å². The lowest BCUT2D eigenvalue weighted by atomic mass is 9.96. The zero-order chi connectivity index (χ0) is 51.6. The van der Waals surface area contributed by atoms with Crippen LogP contribution in [0.15, 0.2) is 212 Å². The second kappa shape index (κ2) is 26.7. The molecule has 0 unspecified atom stereocenters. The van der Waals surface area contributed by atoms with Crippen LogP contribution in [-0.2, 0) is 73.8 Å². The zero-order valence-corrected chi connectivity index (χ0v) is 41.0. The summed E-state index contributed by atoms with van der Waals surface area (Å²) in [5.74, 6) is -2.52. The Morgan fingerprint density at radius 2 is 0.693 bits per heavy atom. The maximum atomic E-state index is 14.1. The van der Waals surface area contributed by atoms with E-state index < -0.39 is 85.9 Å². The van der Waals surface area contributed by atoms with Crippen LogP contribution >= 0.6 is 0 Å². The highest BCUT2D eigenvalue weighted by Crippen LogP contribution is 2.35. The van der Waals surface area contributed by atoms with E-state index in [4.69, 9.17) is 47.4 Å². The van der Waals surface area contributed by atoms with Crippen molar-refractivity contribution in [3.05, 3.63) is 251 Å². The van der Waals surface area contributed by atoms with Gasteiger partial charge in [-0.25, -0.2) is 14.4 Å². The van der Waals surface area contributed by atoms with Gasteiger partial charge in [0.2, 0.25) is 0 Å². The Kier molecular flexibility index (Phi) is 18.7. The van der Waals surface area contributed by atoms with Gasteiger partial charge >= 0.3 is 17.9 Å². The lowest BCUT2D eigenvalue weighted by Gasteiger charge is -2.47. The number of hydrogen-bond donors (Lipinski definition) is 1. The summed E-state index contributed by atoms with van der Waals surface area (Å²) in [5.41, 5.74) is 4.08. The van der Waals surface area contributed by atoms with Gasteiger partial charge in [0.25, 0.3) is 0 Å². The Labute approximate surface area is 435 Å². The Morgan fingerprint density at radius 3 is 1.13 bits per heavy atom. The third kappa shape index (κ3) is 14.5. The molecule has 0 aromatic heterocycles. The molecule has 14 nitrogen and oxygen atoms in total. The van der Waals surface area contributed by atoms with Gasteiger partial charge in [0, 0.05) is 0 Å². The van der Waals surface area contributed by atoms with Crippen molar-refractivity contribution in [2.24, 2.45) is 0 Å². The highest BCUT2D eigenvalue weighted by atomic mass is 16.7. The van der Waals surface area contributed by atoms with Crippen LogP contribution in [0.3, 0.4) is 0 Å². The fourth-order valence-electron chi connectivity index (χ4n) is 8.80. The van der Waals surface area contributed by atoms with Crippen molar-refractivity contribution < 1.29 is 66.9 Å². The third-order valence-electron chi connectivity index (χ3n) is 12.6. The van der Waals surface area contributed by atoms with Gasteiger partial charge in [-0.3, -0.25) is 0 Å². The van der Waals surface area contributed by atoms with E-state index in [0.717, 1.165) is 22.3 Å². The number of benzene rings is 7. The van der Waals surface area contributed by atoms with Crippen LogP contribution in [0.2, 0.25) is 0 Å². The Bertz CT molecular complexity index is 2810. The predicted molar refractivity (Wildman–Crippen MR) is 274 cm³/mol. The van der Waals surface area contributed by atoms with Gasteiger partial charge < -0.3 is 52.5 Å². The molecule has 7 aromatic rings. The molecule has 0 radical (unpaired) electrons. The number of aliphatic hydroxyl groups excluding tert-OH is 1. The maximum absolute atomic E-state index is 14.1. The summed E-state index contributed by atoms with van der Waals surface area (Å²) in [5, 5.41) is 11.9. The molecule has 14 heteroatoms. The molecule has 0 saturated carbocycles. The van der Waals surface area contributed by atoms with E-state index in [-0.39, 0.29) is 49.7 Å². The Morgan fingerprint density at radius 1 is 0.347 bits per heavy atom. The van der Waals surface area contributed by atoms with Crippen molar-refractivity contribution in [3.63, 3.8) is 0 Å². The molecule has 386 valence electrons. The van der Waals surface area contributed by atoms with Crippen LogP contribution in [0.1, 0.15) is 53.3 Å². The molecule has 2 aliphatic heterocycles. The predicted octanol–water partition coefficient (Wildman–Crippen LogP) is 9.09. The maximum Gasteiger partial charge on any atom is 0.338 e. The average molecular weight is 1020 g/mol. The summed E-state index contributed by atoms with van der Waals surface area (Å²) < 4.78 is 65.2. The highest BCUT2D eigenvalue weighted by molar-refractivity contribution is 5.91. The fraction of sp³-hybridized carbons (Fsp3) is 0.262. The number of ether oxygens (including phenoxy) is 10. The van der Waals surface area contributed by atoms with Gasteiger partial charge in [0.1, 0.15) is 30.5 Å². The summed E-state index contributed by atoms with van der Waals surface area (Å²) in [6.07, 6.45) is -13.0. The average Bonchev–Trinajstić information content (AvgIpc) is 3.46. The molecule has 2 aliphatic rings. The molecule has 10 atom stereocenters. The SMILES string of the molecule is O=C(O[C@@H]1[C@@H](OC(=O)c2ccccc2)[C@@H](O)O[C@H](CO[C@H]2O[C@H](COCc3ccccc3)[C@H](OCc3ccccc3)[C@H](OCc3ccccc3)[C@H]2OCc2ccccc2)[C@@H]1OC(=O)c1ccccc1)c1ccccc1. The molecule has 9 rings (SSSR count). The molecule has 2 fully saturated rings. The number of carbonyl (C=O) groups is 3. The molecular weight excluding hydrogens is 957 g/mol. The molecule has 1 N–H and O–H groups in total. The first-order valence-electron chi connectivity index (χ1n) is 24.8. The van der Waals surface area contributed by atoms with Crippen molar-refractivity contribution in [3.8, 4) is 0 Å². The molecule has 2 saturated heterocycles. The van der Waals surface area contributed by atoms with Crippen LogP contribution in [0.4, 0.5) is 0 Å². The quantitative estimate of drug-likeness (QED) is 0.0505. The number of hydrogen-bond acceptors (Lipinski definition) is 14. The second-order valence-electron chi connectivity index (χ2n) is 17.9. The summed E-state index contributed by atoms with van der Waals surface area (Å²) in [6, 6.07) is 63.2. The van der Waals surface area contributed by atoms with Gasteiger partial charge in [-0.05, 0) is 58.7 Å². The smallest absolute Gasteiger partial charge is 0.338 e. The minimum absolute atomic E-state index is 0.0345. The number of aliphatic hydroxyl groups is 1. The molecular formula is C61H58O14. The van der Waals surface area contributed by atoms with Gasteiger partial charge in [-0.15, -0.1) is 0 Å². The van der Waals surface area contributed by atoms with E-state index in [1.165, 1.54) is 24.3 Å². The number of rotatable bonds is 22. The van der Waals surface area contributed by atoms with Gasteiger partial charge in [0.05, 0.1) is 56.3 Å². The second-order valence-corrected chi connectivity index (χ2v) is 17.9. The molecule has 75 heavy (non-hydrogen) atoms. The summed E-state index contributed by atoms with van der Waals surface area (Å²) in [4.78, 5) is 41.9. The first kappa shape index (κ1) is 52.5. The van der Waals surface area contributed by atoms with Gasteiger partial charge in [-0.1, -0.05) is 176 Å². The minimum Gasteiger partial charge on any atom is -0.452 e. The standard InChI is InChI=1S/C61H58O14/c62-57(46-30-16-5-17-31-46)73-52-50(71-60(65)55(75-59(64)48-34-20-7-21-35-48)54(52)74-58(63)47-32-18-6-19-33-47)41-70-61-56(69-39-45-28-14-4-15-29-45)53(68-38-44-26-12-3-13-27-44)51(67-37-43-24-10-2-11-25-43)49(72-61)40-66-36-42-22-8-1-9-23-42/h1-35,49-56,60-61,65H,36-41H2/t49-,50-,51+,52+,53+,54+,55-,56-,60+,61+/m1/s1. The molecule has 0 spiro atoms. The summed E-state index contributed by atoms with van der Waals surface area (Å²) in [7, 11) is 0. The van der Waals surface area contributed by atoms with Crippen LogP contribution in [0.5, 0.6) is 0 Å². The van der Waals surface area contributed by atoms with Crippen LogP contribution in [0.25, 0.3) is 0 Å². The Balaban J connectivity index is 1.07. The number of esters is 3. The molecule has 0 amide bonds. The Hall–Kier alpha value is -7.37. The third-order valence-corrected chi connectivity index (χ3v) is 12.6. The van der Waals surface area contributed by atoms with Crippen molar-refractivity contribution in [1.82, 2.24) is 0 Å². The lowest BCUT2D eigenvalue weighted by molar-refractivity contribution is -0.342. The van der Waals surface area contributed by atoms with Gasteiger partial charge in [-0.2, -0.15) is 0 Å². The topological polar surface area (TPSA) is 164 Å². The van der Waals surface area contributed by atoms with Gasteiger partial charge in [0.15, 0.2) is 30.9 Å².